The zero-order valence-corrected chi connectivity index (χ0v) is 13.6. The summed E-state index contributed by atoms with van der Waals surface area (Å²) < 4.78 is 15.7. The maximum absolute atomic E-state index is 14.3. The van der Waals surface area contributed by atoms with E-state index in [0.29, 0.717) is 24.5 Å². The molecular formula is C17H21FN4O2. The van der Waals surface area contributed by atoms with E-state index < -0.39 is 5.82 Å². The molecule has 1 saturated heterocycles. The van der Waals surface area contributed by atoms with Crippen LogP contribution in [0.1, 0.15) is 18.4 Å². The maximum atomic E-state index is 14.3. The molecule has 1 aromatic carbocycles. The van der Waals surface area contributed by atoms with Crippen LogP contribution in [0.2, 0.25) is 0 Å². The van der Waals surface area contributed by atoms with Gasteiger partial charge in [0.2, 0.25) is 0 Å². The fourth-order valence-corrected chi connectivity index (χ4v) is 2.84. The minimum atomic E-state index is -0.449. The van der Waals surface area contributed by atoms with Gasteiger partial charge in [-0.15, -0.1) is 0 Å². The average Bonchev–Trinajstić information content (AvgIpc) is 3.01. The first-order valence-electron chi connectivity index (χ1n) is 8.05. The number of aromatic nitrogens is 2. The van der Waals surface area contributed by atoms with Crippen molar-refractivity contribution in [2.75, 3.05) is 25.0 Å². The number of hydrogen-bond acceptors (Lipinski definition) is 3. The van der Waals surface area contributed by atoms with Gasteiger partial charge in [-0.2, -0.15) is 5.10 Å². The monoisotopic (exact) mass is 332 g/mol. The highest BCUT2D eigenvalue weighted by Crippen LogP contribution is 2.20. The molecule has 0 unspecified atom stereocenters. The average molecular weight is 332 g/mol. The predicted octanol–water partition coefficient (Wildman–Crippen LogP) is 2.56. The molecule has 0 spiro atoms. The summed E-state index contributed by atoms with van der Waals surface area (Å²) in [5.74, 6) is -0.182. The molecule has 1 aliphatic rings. The lowest BCUT2D eigenvalue weighted by molar-refractivity contribution is 0.143. The van der Waals surface area contributed by atoms with Gasteiger partial charge in [-0.1, -0.05) is 0 Å². The number of nitrogens with zero attached hydrogens (tertiary/aromatic N) is 3. The number of amides is 2. The Balaban J connectivity index is 1.65. The normalized spacial score (nSPS) is 15.5. The molecule has 0 saturated carbocycles. The molecule has 2 amide bonds. The van der Waals surface area contributed by atoms with E-state index in [0.717, 1.165) is 18.4 Å². The molecule has 0 atom stereocenters. The van der Waals surface area contributed by atoms with E-state index in [1.807, 2.05) is 6.92 Å². The van der Waals surface area contributed by atoms with Crippen LogP contribution in [-0.4, -0.2) is 45.5 Å². The van der Waals surface area contributed by atoms with E-state index in [1.54, 1.807) is 29.4 Å². The van der Waals surface area contributed by atoms with Gasteiger partial charge in [-0.25, -0.2) is 13.9 Å². The summed E-state index contributed by atoms with van der Waals surface area (Å²) in [6, 6.07) is 4.31. The molecule has 7 heteroatoms. The minimum Gasteiger partial charge on any atom is -0.396 e. The van der Waals surface area contributed by atoms with E-state index in [-0.39, 0.29) is 18.6 Å². The number of urea groups is 1. The van der Waals surface area contributed by atoms with Crippen LogP contribution in [0.4, 0.5) is 14.9 Å². The Morgan fingerprint density at radius 2 is 2.17 bits per heavy atom. The summed E-state index contributed by atoms with van der Waals surface area (Å²) >= 11 is 0. The van der Waals surface area contributed by atoms with Gasteiger partial charge >= 0.3 is 6.03 Å². The van der Waals surface area contributed by atoms with Gasteiger partial charge < -0.3 is 15.3 Å². The van der Waals surface area contributed by atoms with Gasteiger partial charge in [0.1, 0.15) is 5.69 Å². The van der Waals surface area contributed by atoms with Crippen molar-refractivity contribution in [2.24, 2.45) is 5.92 Å². The Bertz CT molecular complexity index is 723. The molecule has 2 heterocycles. The predicted molar refractivity (Wildman–Crippen MR) is 88.7 cm³/mol. The topological polar surface area (TPSA) is 70.4 Å². The maximum Gasteiger partial charge on any atom is 0.321 e. The fourth-order valence-electron chi connectivity index (χ4n) is 2.84. The molecular weight excluding hydrogens is 311 g/mol. The molecule has 1 fully saturated rings. The van der Waals surface area contributed by atoms with Gasteiger partial charge in [0.15, 0.2) is 5.82 Å². The minimum absolute atomic E-state index is 0.162. The molecule has 2 N–H and O–H groups in total. The number of likely N-dealkylation sites (tertiary alicyclic amines) is 1. The number of carbonyl (C=O) groups excluding carboxylic acids is 1. The van der Waals surface area contributed by atoms with Crippen LogP contribution < -0.4 is 5.32 Å². The SMILES string of the molecule is Cc1cnn(-c2ccc(NC(=O)N3CCC(CO)CC3)cc2F)c1. The molecule has 3 rings (SSSR count). The summed E-state index contributed by atoms with van der Waals surface area (Å²) in [7, 11) is 0. The van der Waals surface area contributed by atoms with Gasteiger partial charge in [0.25, 0.3) is 0 Å². The number of benzene rings is 1. The smallest absolute Gasteiger partial charge is 0.321 e. The number of anilines is 1. The third kappa shape index (κ3) is 3.56. The Morgan fingerprint density at radius 3 is 2.75 bits per heavy atom. The van der Waals surface area contributed by atoms with Crippen LogP contribution in [0.25, 0.3) is 5.69 Å². The van der Waals surface area contributed by atoms with Crippen molar-refractivity contribution in [2.45, 2.75) is 19.8 Å². The van der Waals surface area contributed by atoms with Crippen molar-refractivity contribution in [1.82, 2.24) is 14.7 Å². The standard InChI is InChI=1S/C17H21FN4O2/c1-12-9-19-22(10-12)16-3-2-14(8-15(16)18)20-17(24)21-6-4-13(11-23)5-7-21/h2-3,8-10,13,23H,4-7,11H2,1H3,(H,20,24). The van der Waals surface area contributed by atoms with Gasteiger partial charge in [0.05, 0.1) is 6.20 Å². The second-order valence-electron chi connectivity index (χ2n) is 6.17. The number of aliphatic hydroxyl groups excluding tert-OH is 1. The summed E-state index contributed by atoms with van der Waals surface area (Å²) in [6.45, 7) is 3.25. The second kappa shape index (κ2) is 7.00. The van der Waals surface area contributed by atoms with Crippen LogP contribution in [0.5, 0.6) is 0 Å². The van der Waals surface area contributed by atoms with Crippen LogP contribution in [0.15, 0.2) is 30.6 Å². The molecule has 6 nitrogen and oxygen atoms in total. The highest BCUT2D eigenvalue weighted by molar-refractivity contribution is 5.89. The fraction of sp³-hybridized carbons (Fsp3) is 0.412. The number of hydrogen-bond donors (Lipinski definition) is 2. The number of nitrogens with one attached hydrogen (secondary N) is 1. The number of halogens is 1. The Kier molecular flexibility index (Phi) is 4.80. The quantitative estimate of drug-likeness (QED) is 0.907. The van der Waals surface area contributed by atoms with Crippen LogP contribution in [0, 0.1) is 18.7 Å². The van der Waals surface area contributed by atoms with Crippen molar-refractivity contribution < 1.29 is 14.3 Å². The van der Waals surface area contributed by atoms with E-state index in [2.05, 4.69) is 10.4 Å². The molecule has 2 aromatic rings. The molecule has 0 aliphatic carbocycles. The Morgan fingerprint density at radius 1 is 1.42 bits per heavy atom. The van der Waals surface area contributed by atoms with Crippen molar-refractivity contribution in [3.8, 4) is 5.69 Å². The van der Waals surface area contributed by atoms with Crippen molar-refractivity contribution in [3.05, 3.63) is 42.0 Å². The Labute approximate surface area is 139 Å². The van der Waals surface area contributed by atoms with Gasteiger partial charge in [-0.05, 0) is 49.4 Å². The molecule has 0 bridgehead atoms. The number of aliphatic hydroxyl groups is 1. The third-order valence-electron chi connectivity index (χ3n) is 4.32. The van der Waals surface area contributed by atoms with Crippen molar-refractivity contribution in [3.63, 3.8) is 0 Å². The molecule has 0 radical (unpaired) electrons. The lowest BCUT2D eigenvalue weighted by Gasteiger charge is -2.31. The van der Waals surface area contributed by atoms with Crippen LogP contribution in [0.3, 0.4) is 0 Å². The Hall–Kier alpha value is -2.41. The summed E-state index contributed by atoms with van der Waals surface area (Å²) in [4.78, 5) is 13.9. The zero-order chi connectivity index (χ0) is 17.1. The molecule has 128 valence electrons. The first-order chi connectivity index (χ1) is 11.6. The van der Waals surface area contributed by atoms with Gasteiger partial charge in [-0.3, -0.25) is 0 Å². The number of carbonyl (C=O) groups is 1. The van der Waals surface area contributed by atoms with Crippen LogP contribution >= 0.6 is 0 Å². The summed E-state index contributed by atoms with van der Waals surface area (Å²) in [5, 5.41) is 15.9. The number of piperidine rings is 1. The van der Waals surface area contributed by atoms with Crippen molar-refractivity contribution in [1.29, 1.82) is 0 Å². The number of aryl methyl sites for hydroxylation is 1. The van der Waals surface area contributed by atoms with Gasteiger partial charge in [0, 0.05) is 31.6 Å². The zero-order valence-electron chi connectivity index (χ0n) is 13.6. The van der Waals surface area contributed by atoms with E-state index in [1.165, 1.54) is 10.7 Å². The van der Waals surface area contributed by atoms with E-state index in [4.69, 9.17) is 5.11 Å². The lowest BCUT2D eigenvalue weighted by atomic mass is 9.98. The second-order valence-corrected chi connectivity index (χ2v) is 6.17. The molecule has 1 aromatic heterocycles. The third-order valence-corrected chi connectivity index (χ3v) is 4.32. The molecule has 24 heavy (non-hydrogen) atoms. The summed E-state index contributed by atoms with van der Waals surface area (Å²) in [6.07, 6.45) is 4.97. The van der Waals surface area contributed by atoms with E-state index in [9.17, 15) is 9.18 Å². The van der Waals surface area contributed by atoms with E-state index >= 15 is 0 Å². The highest BCUT2D eigenvalue weighted by atomic mass is 19.1. The largest absolute Gasteiger partial charge is 0.396 e. The first kappa shape index (κ1) is 16.4. The highest BCUT2D eigenvalue weighted by Gasteiger charge is 2.22. The first-order valence-corrected chi connectivity index (χ1v) is 8.05. The summed E-state index contributed by atoms with van der Waals surface area (Å²) in [5.41, 5.74) is 1.69. The van der Waals surface area contributed by atoms with Crippen LogP contribution in [-0.2, 0) is 0 Å². The molecule has 1 aliphatic heterocycles. The lowest BCUT2D eigenvalue weighted by Crippen LogP contribution is -2.41. The number of rotatable bonds is 3. The van der Waals surface area contributed by atoms with Crippen molar-refractivity contribution >= 4 is 11.7 Å².